The Hall–Kier alpha value is -4.18. The number of benzene rings is 1. The number of hydrogen-bond donors (Lipinski definition) is 2. The molecular formula is C27H28FN7O2. The van der Waals surface area contributed by atoms with E-state index in [9.17, 15) is 9.18 Å². The summed E-state index contributed by atoms with van der Waals surface area (Å²) in [4.78, 5) is 32.2. The van der Waals surface area contributed by atoms with Crippen LogP contribution in [0.2, 0.25) is 0 Å². The number of nitrogens with zero attached hydrogens (tertiary/aromatic N) is 5. The van der Waals surface area contributed by atoms with Gasteiger partial charge in [-0.05, 0) is 23.8 Å². The van der Waals surface area contributed by atoms with Crippen LogP contribution in [0.5, 0.6) is 0 Å². The van der Waals surface area contributed by atoms with E-state index in [0.717, 1.165) is 35.6 Å². The molecule has 1 atom stereocenters. The molecule has 0 radical (unpaired) electrons. The summed E-state index contributed by atoms with van der Waals surface area (Å²) in [6.45, 7) is 5.61. The summed E-state index contributed by atoms with van der Waals surface area (Å²) in [7, 11) is 1.52. The average Bonchev–Trinajstić information content (AvgIpc) is 2.96. The van der Waals surface area contributed by atoms with E-state index in [1.807, 2.05) is 19.2 Å². The second-order valence-electron chi connectivity index (χ2n) is 8.90. The van der Waals surface area contributed by atoms with Crippen LogP contribution in [0, 0.1) is 5.82 Å². The SMILES string of the molecule is CNC(=O)c1ccnc2c([C@H](C)CNc3cc(-c4cncc(N5CCOCC5)c4)ncn3)ccc(F)c12. The van der Waals surface area contributed by atoms with Crippen molar-refractivity contribution in [2.45, 2.75) is 12.8 Å². The van der Waals surface area contributed by atoms with Crippen molar-refractivity contribution < 1.29 is 13.9 Å². The van der Waals surface area contributed by atoms with Crippen LogP contribution < -0.4 is 15.5 Å². The minimum Gasteiger partial charge on any atom is -0.378 e. The number of morpholine rings is 1. The van der Waals surface area contributed by atoms with Crippen LogP contribution in [-0.2, 0) is 4.74 Å². The fraction of sp³-hybridized carbons (Fsp3) is 0.296. The first kappa shape index (κ1) is 24.5. The lowest BCUT2D eigenvalue weighted by molar-refractivity contribution is 0.0964. The molecular weight excluding hydrogens is 473 g/mol. The molecule has 3 aromatic heterocycles. The quantitative estimate of drug-likeness (QED) is 0.396. The van der Waals surface area contributed by atoms with Crippen molar-refractivity contribution in [1.82, 2.24) is 25.3 Å². The molecule has 1 aromatic carbocycles. The summed E-state index contributed by atoms with van der Waals surface area (Å²) in [5.41, 5.74) is 4.28. The number of rotatable bonds is 7. The molecule has 37 heavy (non-hydrogen) atoms. The molecule has 1 amide bonds. The van der Waals surface area contributed by atoms with E-state index in [1.165, 1.54) is 31.7 Å². The lowest BCUT2D eigenvalue weighted by Crippen LogP contribution is -2.36. The molecule has 190 valence electrons. The number of carbonyl (C=O) groups excluding carboxylic acids is 1. The Balaban J connectivity index is 1.35. The monoisotopic (exact) mass is 501 g/mol. The van der Waals surface area contributed by atoms with Crippen LogP contribution in [0.25, 0.3) is 22.2 Å². The van der Waals surface area contributed by atoms with Crippen LogP contribution >= 0.6 is 0 Å². The molecule has 1 fully saturated rings. The molecule has 0 bridgehead atoms. The van der Waals surface area contributed by atoms with Crippen molar-refractivity contribution in [2.24, 2.45) is 0 Å². The van der Waals surface area contributed by atoms with Crippen LogP contribution in [0.3, 0.4) is 0 Å². The summed E-state index contributed by atoms with van der Waals surface area (Å²) in [6, 6.07) is 8.60. The highest BCUT2D eigenvalue weighted by atomic mass is 19.1. The van der Waals surface area contributed by atoms with E-state index in [4.69, 9.17) is 4.74 Å². The van der Waals surface area contributed by atoms with Gasteiger partial charge in [-0.2, -0.15) is 0 Å². The first-order valence-electron chi connectivity index (χ1n) is 12.2. The fourth-order valence-electron chi connectivity index (χ4n) is 4.51. The minimum atomic E-state index is -0.473. The fourth-order valence-corrected chi connectivity index (χ4v) is 4.51. The number of carbonyl (C=O) groups is 1. The van der Waals surface area contributed by atoms with Crippen LogP contribution in [-0.4, -0.2) is 65.7 Å². The number of aromatic nitrogens is 4. The highest BCUT2D eigenvalue weighted by Gasteiger charge is 2.19. The van der Waals surface area contributed by atoms with Crippen molar-refractivity contribution in [3.05, 3.63) is 72.2 Å². The highest BCUT2D eigenvalue weighted by molar-refractivity contribution is 6.06. The zero-order chi connectivity index (χ0) is 25.8. The van der Waals surface area contributed by atoms with E-state index < -0.39 is 5.82 Å². The Morgan fingerprint density at radius 2 is 1.97 bits per heavy atom. The Bertz CT molecular complexity index is 1430. The highest BCUT2D eigenvalue weighted by Crippen LogP contribution is 2.29. The smallest absolute Gasteiger partial charge is 0.251 e. The topological polar surface area (TPSA) is 105 Å². The maximum atomic E-state index is 14.7. The van der Waals surface area contributed by atoms with E-state index in [2.05, 4.69) is 41.5 Å². The summed E-state index contributed by atoms with van der Waals surface area (Å²) >= 11 is 0. The maximum absolute atomic E-state index is 14.7. The van der Waals surface area contributed by atoms with Gasteiger partial charge >= 0.3 is 0 Å². The number of hydrogen-bond acceptors (Lipinski definition) is 8. The second-order valence-corrected chi connectivity index (χ2v) is 8.90. The summed E-state index contributed by atoms with van der Waals surface area (Å²) in [5, 5.41) is 6.15. The summed E-state index contributed by atoms with van der Waals surface area (Å²) < 4.78 is 20.2. The molecule has 1 aliphatic rings. The largest absolute Gasteiger partial charge is 0.378 e. The average molecular weight is 502 g/mol. The van der Waals surface area contributed by atoms with Crippen LogP contribution in [0.15, 0.2) is 55.2 Å². The van der Waals surface area contributed by atoms with Gasteiger partial charge in [0, 0.05) is 62.0 Å². The summed E-state index contributed by atoms with van der Waals surface area (Å²) in [5.74, 6) is -0.201. The van der Waals surface area contributed by atoms with Crippen molar-refractivity contribution in [3.63, 3.8) is 0 Å². The zero-order valence-corrected chi connectivity index (χ0v) is 20.7. The molecule has 9 nitrogen and oxygen atoms in total. The minimum absolute atomic E-state index is 0.0414. The lowest BCUT2D eigenvalue weighted by Gasteiger charge is -2.28. The Labute approximate surface area is 214 Å². The van der Waals surface area contributed by atoms with Gasteiger partial charge in [0.2, 0.25) is 0 Å². The Morgan fingerprint density at radius 1 is 1.14 bits per heavy atom. The molecule has 0 spiro atoms. The molecule has 4 aromatic rings. The van der Waals surface area contributed by atoms with Crippen molar-refractivity contribution >= 4 is 28.3 Å². The van der Waals surface area contributed by atoms with E-state index >= 15 is 0 Å². The zero-order valence-electron chi connectivity index (χ0n) is 20.7. The number of pyridine rings is 2. The standard InChI is InChI=1S/C27H28FN7O2/c1-17(20-3-4-22(28)25-21(27(36)29-2)5-6-31-26(20)25)13-32-24-12-23(33-16-34-24)18-11-19(15-30-14-18)35-7-9-37-10-8-35/h3-6,11-12,14-17H,7-10,13H2,1-2H3,(H,29,36)(H,32,33,34)/t17-/m1/s1. The number of fused-ring (bicyclic) bond motifs is 1. The molecule has 0 aliphatic carbocycles. The van der Waals surface area contributed by atoms with Crippen LogP contribution in [0.1, 0.15) is 28.8 Å². The maximum Gasteiger partial charge on any atom is 0.251 e. The molecule has 5 rings (SSSR count). The van der Waals surface area contributed by atoms with E-state index in [1.54, 1.807) is 12.3 Å². The van der Waals surface area contributed by atoms with Gasteiger partial charge in [-0.3, -0.25) is 14.8 Å². The van der Waals surface area contributed by atoms with E-state index in [0.29, 0.717) is 31.1 Å². The van der Waals surface area contributed by atoms with Crippen molar-refractivity contribution in [3.8, 4) is 11.3 Å². The summed E-state index contributed by atoms with van der Waals surface area (Å²) in [6.07, 6.45) is 6.70. The molecule has 2 N–H and O–H groups in total. The Kier molecular flexibility index (Phi) is 7.18. The third kappa shape index (κ3) is 5.19. The first-order valence-corrected chi connectivity index (χ1v) is 12.2. The van der Waals surface area contributed by atoms with Gasteiger partial charge in [0.15, 0.2) is 0 Å². The predicted molar refractivity (Wildman–Crippen MR) is 140 cm³/mol. The van der Waals surface area contributed by atoms with Gasteiger partial charge in [-0.1, -0.05) is 13.0 Å². The molecule has 4 heterocycles. The third-order valence-corrected chi connectivity index (χ3v) is 6.53. The Morgan fingerprint density at radius 3 is 2.78 bits per heavy atom. The van der Waals surface area contributed by atoms with Gasteiger partial charge < -0.3 is 20.3 Å². The number of anilines is 2. The van der Waals surface area contributed by atoms with Gasteiger partial charge in [0.05, 0.1) is 41.9 Å². The number of nitrogens with one attached hydrogen (secondary N) is 2. The first-order chi connectivity index (χ1) is 18.0. The second kappa shape index (κ2) is 10.8. The van der Waals surface area contributed by atoms with Crippen molar-refractivity contribution in [2.75, 3.05) is 50.1 Å². The van der Waals surface area contributed by atoms with Gasteiger partial charge in [-0.25, -0.2) is 14.4 Å². The van der Waals surface area contributed by atoms with E-state index in [-0.39, 0.29) is 22.8 Å². The van der Waals surface area contributed by atoms with Crippen molar-refractivity contribution in [1.29, 1.82) is 0 Å². The number of halogens is 1. The third-order valence-electron chi connectivity index (χ3n) is 6.53. The molecule has 1 aliphatic heterocycles. The predicted octanol–water partition coefficient (Wildman–Crippen LogP) is 3.64. The van der Waals surface area contributed by atoms with Gasteiger partial charge in [0.1, 0.15) is 18.0 Å². The molecule has 10 heteroatoms. The molecule has 0 saturated carbocycles. The lowest BCUT2D eigenvalue weighted by atomic mass is 9.95. The normalized spacial score (nSPS) is 14.4. The van der Waals surface area contributed by atoms with Crippen LogP contribution in [0.4, 0.5) is 15.9 Å². The molecule has 0 unspecified atom stereocenters. The number of amides is 1. The molecule has 1 saturated heterocycles. The van der Waals surface area contributed by atoms with Gasteiger partial charge in [-0.15, -0.1) is 0 Å². The number of ether oxygens (including phenoxy) is 1. The van der Waals surface area contributed by atoms with Gasteiger partial charge in [0.25, 0.3) is 5.91 Å².